The fraction of sp³-hybridized carbons (Fsp3) is 0.258. The molecule has 2 aliphatic rings. The van der Waals surface area contributed by atoms with Gasteiger partial charge in [-0.2, -0.15) is 0 Å². The number of hydrogen-bond acceptors (Lipinski definition) is 5. The number of carboxylic acid groups (broad SMARTS) is 1. The molecule has 1 fully saturated rings. The molecular weight excluding hydrogens is 496 g/mol. The molecule has 0 radical (unpaired) electrons. The summed E-state index contributed by atoms with van der Waals surface area (Å²) >= 11 is 0. The van der Waals surface area contributed by atoms with E-state index in [0.717, 1.165) is 40.7 Å². The Kier molecular flexibility index (Phi) is 6.10. The summed E-state index contributed by atoms with van der Waals surface area (Å²) in [6.07, 6.45) is 2.91. The normalized spacial score (nSPS) is 16.3. The minimum Gasteiger partial charge on any atom is -0.494 e. The van der Waals surface area contributed by atoms with Crippen molar-refractivity contribution in [1.29, 1.82) is 0 Å². The molecule has 198 valence electrons. The first-order chi connectivity index (χ1) is 18.9. The van der Waals surface area contributed by atoms with E-state index in [2.05, 4.69) is 6.07 Å². The molecule has 0 saturated heterocycles. The van der Waals surface area contributed by atoms with Crippen LogP contribution < -0.4 is 10.2 Å². The van der Waals surface area contributed by atoms with E-state index in [1.807, 2.05) is 54.0 Å². The zero-order valence-corrected chi connectivity index (χ0v) is 21.7. The average molecular weight is 525 g/mol. The highest BCUT2D eigenvalue weighted by atomic mass is 16.6. The van der Waals surface area contributed by atoms with Gasteiger partial charge in [-0.05, 0) is 60.2 Å². The predicted molar refractivity (Wildman–Crippen MR) is 146 cm³/mol. The highest BCUT2D eigenvalue weighted by Crippen LogP contribution is 2.44. The number of rotatable bonds is 6. The topological polar surface area (TPSA) is 98.1 Å². The molecule has 39 heavy (non-hydrogen) atoms. The molecule has 8 heteroatoms. The number of aromatic carboxylic acids is 1. The van der Waals surface area contributed by atoms with Gasteiger partial charge in [-0.25, -0.2) is 9.59 Å². The summed E-state index contributed by atoms with van der Waals surface area (Å²) in [6.45, 7) is 2.65. The second-order valence-corrected chi connectivity index (χ2v) is 10.1. The molecule has 0 bridgehead atoms. The maximum Gasteiger partial charge on any atom is 0.410 e. The molecule has 1 amide bonds. The molecular formula is C31H28N2O6. The molecule has 1 aromatic heterocycles. The Morgan fingerprint density at radius 3 is 2.51 bits per heavy atom. The van der Waals surface area contributed by atoms with E-state index in [1.54, 1.807) is 24.1 Å². The van der Waals surface area contributed by atoms with Gasteiger partial charge in [0.15, 0.2) is 5.75 Å². The average Bonchev–Trinajstić information content (AvgIpc) is 3.74. The Bertz CT molecular complexity index is 1670. The fourth-order valence-corrected chi connectivity index (χ4v) is 5.45. The number of nitrogens with zero attached hydrogens (tertiary/aromatic N) is 2. The van der Waals surface area contributed by atoms with Crippen molar-refractivity contribution < 1.29 is 24.2 Å². The van der Waals surface area contributed by atoms with Crippen LogP contribution in [0.25, 0.3) is 22.0 Å². The van der Waals surface area contributed by atoms with Crippen molar-refractivity contribution in [3.63, 3.8) is 0 Å². The Morgan fingerprint density at radius 2 is 1.82 bits per heavy atom. The van der Waals surface area contributed by atoms with E-state index in [-0.39, 0.29) is 30.3 Å². The molecule has 1 saturated carbocycles. The molecule has 8 nitrogen and oxygen atoms in total. The van der Waals surface area contributed by atoms with E-state index < -0.39 is 11.4 Å². The fourth-order valence-electron chi connectivity index (χ4n) is 5.45. The second-order valence-electron chi connectivity index (χ2n) is 10.1. The Labute approximate surface area is 225 Å². The number of carbonyl (C=O) groups is 2. The van der Waals surface area contributed by atoms with Gasteiger partial charge in [0.05, 0.1) is 24.1 Å². The Balaban J connectivity index is 1.35. The highest BCUT2D eigenvalue weighted by molar-refractivity contribution is 5.97. The largest absolute Gasteiger partial charge is 0.494 e. The Morgan fingerprint density at radius 1 is 1.05 bits per heavy atom. The van der Waals surface area contributed by atoms with E-state index in [1.165, 1.54) is 6.20 Å². The summed E-state index contributed by atoms with van der Waals surface area (Å²) in [7, 11) is 1.56. The van der Waals surface area contributed by atoms with Crippen molar-refractivity contribution in [1.82, 2.24) is 9.47 Å². The van der Waals surface area contributed by atoms with Crippen molar-refractivity contribution in [3.8, 4) is 16.9 Å². The van der Waals surface area contributed by atoms with E-state index >= 15 is 0 Å². The maximum atomic E-state index is 13.0. The van der Waals surface area contributed by atoms with Crippen molar-refractivity contribution in [2.75, 3.05) is 7.11 Å². The third-order valence-corrected chi connectivity index (χ3v) is 7.68. The second kappa shape index (κ2) is 9.62. The summed E-state index contributed by atoms with van der Waals surface area (Å²) in [5.74, 6) is -0.711. The first kappa shape index (κ1) is 24.7. The Hall–Kier alpha value is -4.59. The number of carboxylic acids is 1. The highest BCUT2D eigenvalue weighted by Gasteiger charge is 2.33. The smallest absolute Gasteiger partial charge is 0.410 e. The van der Waals surface area contributed by atoms with Gasteiger partial charge in [-0.1, -0.05) is 42.5 Å². The van der Waals surface area contributed by atoms with Gasteiger partial charge in [0.25, 0.3) is 0 Å². The van der Waals surface area contributed by atoms with Crippen LogP contribution in [0.4, 0.5) is 4.79 Å². The van der Waals surface area contributed by atoms with Crippen LogP contribution in [-0.2, 0) is 17.9 Å². The van der Waals surface area contributed by atoms with Crippen LogP contribution >= 0.6 is 0 Å². The van der Waals surface area contributed by atoms with E-state index in [0.29, 0.717) is 23.2 Å². The van der Waals surface area contributed by atoms with E-state index in [4.69, 9.17) is 9.47 Å². The number of ether oxygens (including phenoxy) is 2. The van der Waals surface area contributed by atoms with Crippen LogP contribution in [0.5, 0.6) is 5.75 Å². The number of carbonyl (C=O) groups excluding carboxylic acids is 1. The van der Waals surface area contributed by atoms with Gasteiger partial charge in [-0.3, -0.25) is 9.69 Å². The third kappa shape index (κ3) is 4.31. The maximum absolute atomic E-state index is 13.0. The number of pyridine rings is 1. The molecule has 1 unspecified atom stereocenters. The lowest BCUT2D eigenvalue weighted by molar-refractivity contribution is 0.0694. The summed E-state index contributed by atoms with van der Waals surface area (Å²) in [6, 6.07) is 19.1. The zero-order valence-electron chi connectivity index (χ0n) is 21.7. The van der Waals surface area contributed by atoms with Gasteiger partial charge in [0, 0.05) is 24.3 Å². The first-order valence-electron chi connectivity index (χ1n) is 13.0. The number of benzene rings is 3. The van der Waals surface area contributed by atoms with Crippen LogP contribution in [0.1, 0.15) is 58.9 Å². The molecule has 1 atom stereocenters. The van der Waals surface area contributed by atoms with E-state index in [9.17, 15) is 19.5 Å². The summed E-state index contributed by atoms with van der Waals surface area (Å²) < 4.78 is 13.3. The van der Waals surface area contributed by atoms with Gasteiger partial charge in [0.2, 0.25) is 5.43 Å². The molecule has 1 aliphatic carbocycles. The van der Waals surface area contributed by atoms with Gasteiger partial charge in [0.1, 0.15) is 12.2 Å². The van der Waals surface area contributed by atoms with Gasteiger partial charge < -0.3 is 19.1 Å². The van der Waals surface area contributed by atoms with Gasteiger partial charge >= 0.3 is 12.1 Å². The lowest BCUT2D eigenvalue weighted by Gasteiger charge is -2.21. The standard InChI is InChI=1S/C31H28N2O6/c1-18-25-14-20(8-9-21(25)15-32(18)31(37)39-17-19-6-4-3-5-7-19)23-12-13-24-27(29(23)38-2)33(22-10-11-22)16-26(28(24)34)30(35)36/h3-9,12-14,16,18,22H,10-11,15,17H2,1-2H3,(H,35,36). The van der Waals surface area contributed by atoms with Crippen LogP contribution in [0.2, 0.25) is 0 Å². The van der Waals surface area contributed by atoms with Crippen molar-refractivity contribution >= 4 is 23.0 Å². The van der Waals surface area contributed by atoms with Crippen molar-refractivity contribution in [2.45, 2.75) is 45.0 Å². The number of hydrogen-bond donors (Lipinski definition) is 1. The third-order valence-electron chi connectivity index (χ3n) is 7.68. The summed E-state index contributed by atoms with van der Waals surface area (Å²) in [5, 5.41) is 9.92. The number of aromatic nitrogens is 1. The van der Waals surface area contributed by atoms with Crippen LogP contribution in [0.15, 0.2) is 71.7 Å². The number of methoxy groups -OCH3 is 1. The minimum absolute atomic E-state index is 0.130. The van der Waals surface area contributed by atoms with Crippen molar-refractivity contribution in [2.24, 2.45) is 0 Å². The lowest BCUT2D eigenvalue weighted by Crippen LogP contribution is -2.28. The van der Waals surface area contributed by atoms with Crippen LogP contribution in [-0.4, -0.2) is 33.7 Å². The molecule has 1 N–H and O–H groups in total. The predicted octanol–water partition coefficient (Wildman–Crippen LogP) is 5.92. The molecule has 1 aliphatic heterocycles. The van der Waals surface area contributed by atoms with Crippen molar-refractivity contribution in [3.05, 3.63) is 99.3 Å². The summed E-state index contributed by atoms with van der Waals surface area (Å²) in [5.41, 5.74) is 4.52. The SMILES string of the molecule is COc1c(-c2ccc3c(c2)C(C)N(C(=O)OCc2ccccc2)C3)ccc2c(=O)c(C(=O)O)cn(C3CC3)c12. The molecule has 6 rings (SSSR count). The monoisotopic (exact) mass is 524 g/mol. The molecule has 2 heterocycles. The van der Waals surface area contributed by atoms with Crippen LogP contribution in [0.3, 0.4) is 0 Å². The van der Waals surface area contributed by atoms with Gasteiger partial charge in [-0.15, -0.1) is 0 Å². The lowest BCUT2D eigenvalue weighted by atomic mass is 9.96. The first-order valence-corrected chi connectivity index (χ1v) is 13.0. The molecule has 4 aromatic rings. The number of fused-ring (bicyclic) bond motifs is 2. The quantitative estimate of drug-likeness (QED) is 0.336. The van der Waals surface area contributed by atoms with Crippen LogP contribution in [0, 0.1) is 0 Å². The zero-order chi connectivity index (χ0) is 27.3. The molecule has 0 spiro atoms. The molecule has 3 aromatic carbocycles. The summed E-state index contributed by atoms with van der Waals surface area (Å²) in [4.78, 5) is 39.4. The minimum atomic E-state index is -1.24. The number of amides is 1.